The summed E-state index contributed by atoms with van der Waals surface area (Å²) >= 11 is 0. The molecule has 0 saturated heterocycles. The van der Waals surface area contributed by atoms with Crippen LogP contribution in [0.1, 0.15) is 44.1 Å². The second-order valence-electron chi connectivity index (χ2n) is 5.77. The molecule has 2 aliphatic rings. The number of carbonyl (C=O) groups is 1. The average Bonchev–Trinajstić information content (AvgIpc) is 3.07. The van der Waals surface area contributed by atoms with Crippen molar-refractivity contribution < 1.29 is 9.18 Å². The Balaban J connectivity index is 1.68. The van der Waals surface area contributed by atoms with Crippen molar-refractivity contribution in [3.8, 4) is 0 Å². The van der Waals surface area contributed by atoms with Crippen molar-refractivity contribution >= 4 is 5.91 Å². The van der Waals surface area contributed by atoms with Gasteiger partial charge in [0.1, 0.15) is 5.82 Å². The second-order valence-corrected chi connectivity index (χ2v) is 5.77. The highest BCUT2D eigenvalue weighted by Crippen LogP contribution is 2.34. The molecule has 0 unspecified atom stereocenters. The lowest BCUT2D eigenvalue weighted by atomic mass is 10.1. The van der Waals surface area contributed by atoms with Crippen molar-refractivity contribution in [1.82, 2.24) is 4.90 Å². The molecule has 19 heavy (non-hydrogen) atoms. The van der Waals surface area contributed by atoms with Crippen LogP contribution < -0.4 is 0 Å². The van der Waals surface area contributed by atoms with Crippen LogP contribution in [-0.4, -0.2) is 22.9 Å². The van der Waals surface area contributed by atoms with E-state index in [1.807, 2.05) is 0 Å². The van der Waals surface area contributed by atoms with Gasteiger partial charge in [-0.25, -0.2) is 4.39 Å². The Morgan fingerprint density at radius 2 is 1.63 bits per heavy atom. The first-order chi connectivity index (χ1) is 9.24. The third kappa shape index (κ3) is 2.96. The molecule has 0 aromatic heterocycles. The summed E-state index contributed by atoms with van der Waals surface area (Å²) in [7, 11) is 0. The van der Waals surface area contributed by atoms with Crippen LogP contribution in [0.25, 0.3) is 0 Å². The normalized spacial score (nSPS) is 19.6. The van der Waals surface area contributed by atoms with Crippen LogP contribution in [0, 0.1) is 5.82 Å². The van der Waals surface area contributed by atoms with Crippen molar-refractivity contribution in [3.05, 3.63) is 35.6 Å². The van der Waals surface area contributed by atoms with Crippen molar-refractivity contribution in [2.24, 2.45) is 0 Å². The molecule has 0 radical (unpaired) electrons. The first-order valence-corrected chi connectivity index (χ1v) is 7.29. The Morgan fingerprint density at radius 3 is 2.21 bits per heavy atom. The highest BCUT2D eigenvalue weighted by atomic mass is 19.1. The minimum absolute atomic E-state index is 0.223. The standard InChI is InChI=1S/C16H20FNO/c17-13-7-5-12(6-8-13)11-16(19)18(15-9-10-15)14-3-1-2-4-14/h5-8,14-15H,1-4,9-11H2. The first kappa shape index (κ1) is 12.6. The lowest BCUT2D eigenvalue weighted by Crippen LogP contribution is -2.41. The maximum absolute atomic E-state index is 12.9. The van der Waals surface area contributed by atoms with E-state index in [-0.39, 0.29) is 11.7 Å². The highest BCUT2D eigenvalue weighted by Gasteiger charge is 2.37. The first-order valence-electron chi connectivity index (χ1n) is 7.29. The van der Waals surface area contributed by atoms with Gasteiger partial charge in [0.2, 0.25) is 5.91 Å². The van der Waals surface area contributed by atoms with E-state index in [4.69, 9.17) is 0 Å². The summed E-state index contributed by atoms with van der Waals surface area (Å²) in [5, 5.41) is 0. The van der Waals surface area contributed by atoms with Crippen LogP contribution in [0.4, 0.5) is 4.39 Å². The minimum Gasteiger partial charge on any atom is -0.336 e. The van der Waals surface area contributed by atoms with Crippen LogP contribution in [0.2, 0.25) is 0 Å². The summed E-state index contributed by atoms with van der Waals surface area (Å²) in [5.74, 6) is -0.0213. The molecule has 2 saturated carbocycles. The van der Waals surface area contributed by atoms with Crippen molar-refractivity contribution in [3.63, 3.8) is 0 Å². The predicted octanol–water partition coefficient (Wildman–Crippen LogP) is 3.30. The number of halogens is 1. The fourth-order valence-electron chi connectivity index (χ4n) is 3.11. The lowest BCUT2D eigenvalue weighted by Gasteiger charge is -2.29. The van der Waals surface area contributed by atoms with Crippen molar-refractivity contribution in [1.29, 1.82) is 0 Å². The van der Waals surface area contributed by atoms with Crippen LogP contribution in [0.15, 0.2) is 24.3 Å². The van der Waals surface area contributed by atoms with Crippen LogP contribution in [0.3, 0.4) is 0 Å². The zero-order chi connectivity index (χ0) is 13.2. The second kappa shape index (κ2) is 5.32. The van der Waals surface area contributed by atoms with Crippen LogP contribution in [0.5, 0.6) is 0 Å². The molecule has 2 aliphatic carbocycles. The van der Waals surface area contributed by atoms with Gasteiger partial charge in [-0.15, -0.1) is 0 Å². The van der Waals surface area contributed by atoms with Gasteiger partial charge in [0.25, 0.3) is 0 Å². The van der Waals surface area contributed by atoms with Gasteiger partial charge in [0.05, 0.1) is 6.42 Å². The Bertz CT molecular complexity index is 446. The van der Waals surface area contributed by atoms with Crippen molar-refractivity contribution in [2.45, 2.75) is 57.0 Å². The van der Waals surface area contributed by atoms with E-state index in [1.54, 1.807) is 12.1 Å². The Hall–Kier alpha value is -1.38. The van der Waals surface area contributed by atoms with E-state index in [0.717, 1.165) is 31.2 Å². The van der Waals surface area contributed by atoms with Gasteiger partial charge in [-0.1, -0.05) is 25.0 Å². The van der Waals surface area contributed by atoms with E-state index >= 15 is 0 Å². The van der Waals surface area contributed by atoms with E-state index in [0.29, 0.717) is 18.5 Å². The molecule has 0 atom stereocenters. The van der Waals surface area contributed by atoms with Crippen LogP contribution >= 0.6 is 0 Å². The van der Waals surface area contributed by atoms with E-state index in [2.05, 4.69) is 4.90 Å². The van der Waals surface area contributed by atoms with Gasteiger partial charge in [-0.2, -0.15) is 0 Å². The monoisotopic (exact) mass is 261 g/mol. The summed E-state index contributed by atoms with van der Waals surface area (Å²) < 4.78 is 12.9. The average molecular weight is 261 g/mol. The maximum Gasteiger partial charge on any atom is 0.227 e. The number of hydrogen-bond acceptors (Lipinski definition) is 1. The summed E-state index contributed by atoms with van der Waals surface area (Å²) in [5.41, 5.74) is 0.912. The smallest absolute Gasteiger partial charge is 0.227 e. The number of benzene rings is 1. The van der Waals surface area contributed by atoms with Gasteiger partial charge in [0, 0.05) is 12.1 Å². The molecule has 0 N–H and O–H groups in total. The molecule has 0 spiro atoms. The van der Waals surface area contributed by atoms with E-state index in [1.165, 1.54) is 25.0 Å². The molecule has 1 amide bonds. The molecule has 2 nitrogen and oxygen atoms in total. The SMILES string of the molecule is O=C(Cc1ccc(F)cc1)N(C1CCCC1)C1CC1. The Labute approximate surface area is 113 Å². The van der Waals surface area contributed by atoms with Gasteiger partial charge in [-0.05, 0) is 43.4 Å². The topological polar surface area (TPSA) is 20.3 Å². The fraction of sp³-hybridized carbons (Fsp3) is 0.562. The number of carbonyl (C=O) groups excluding carboxylic acids is 1. The van der Waals surface area contributed by atoms with E-state index < -0.39 is 0 Å². The van der Waals surface area contributed by atoms with Crippen LogP contribution in [-0.2, 0) is 11.2 Å². The Kier molecular flexibility index (Phi) is 3.54. The third-order valence-corrected chi connectivity index (χ3v) is 4.21. The molecular weight excluding hydrogens is 241 g/mol. The molecule has 2 fully saturated rings. The van der Waals surface area contributed by atoms with Crippen molar-refractivity contribution in [2.75, 3.05) is 0 Å². The van der Waals surface area contributed by atoms with Gasteiger partial charge >= 0.3 is 0 Å². The molecule has 3 heteroatoms. The molecule has 102 valence electrons. The number of rotatable bonds is 4. The van der Waals surface area contributed by atoms with E-state index in [9.17, 15) is 9.18 Å². The summed E-state index contributed by atoms with van der Waals surface area (Å²) in [6.45, 7) is 0. The number of hydrogen-bond donors (Lipinski definition) is 0. The maximum atomic E-state index is 12.9. The minimum atomic E-state index is -0.244. The summed E-state index contributed by atoms with van der Waals surface area (Å²) in [6, 6.07) is 7.23. The quantitative estimate of drug-likeness (QED) is 0.814. The zero-order valence-corrected chi connectivity index (χ0v) is 11.1. The number of amides is 1. The Morgan fingerprint density at radius 1 is 1.05 bits per heavy atom. The fourth-order valence-corrected chi connectivity index (χ4v) is 3.11. The molecule has 3 rings (SSSR count). The highest BCUT2D eigenvalue weighted by molar-refractivity contribution is 5.79. The third-order valence-electron chi connectivity index (χ3n) is 4.21. The van der Waals surface area contributed by atoms with Gasteiger partial charge in [-0.3, -0.25) is 4.79 Å². The lowest BCUT2D eigenvalue weighted by molar-refractivity contribution is -0.133. The molecule has 1 aromatic carbocycles. The van der Waals surface area contributed by atoms with Gasteiger partial charge in [0.15, 0.2) is 0 Å². The van der Waals surface area contributed by atoms with Gasteiger partial charge < -0.3 is 4.90 Å². The molecule has 0 bridgehead atoms. The predicted molar refractivity (Wildman–Crippen MR) is 72.2 cm³/mol. The summed E-state index contributed by atoms with van der Waals surface area (Å²) in [4.78, 5) is 14.6. The summed E-state index contributed by atoms with van der Waals surface area (Å²) in [6.07, 6.45) is 7.54. The number of nitrogens with zero attached hydrogens (tertiary/aromatic N) is 1. The zero-order valence-electron chi connectivity index (χ0n) is 11.1. The largest absolute Gasteiger partial charge is 0.336 e. The molecule has 1 aromatic rings. The molecule has 0 heterocycles. The molecule has 0 aliphatic heterocycles. The molecular formula is C16H20FNO.